The molecule has 0 radical (unpaired) electrons. The highest BCUT2D eigenvalue weighted by molar-refractivity contribution is 6.00. The van der Waals surface area contributed by atoms with Gasteiger partial charge in [0.05, 0.1) is 0 Å². The Morgan fingerprint density at radius 3 is 2.26 bits per heavy atom. The van der Waals surface area contributed by atoms with E-state index in [0.29, 0.717) is 5.56 Å². The van der Waals surface area contributed by atoms with E-state index in [2.05, 4.69) is 15.3 Å². The van der Waals surface area contributed by atoms with Crippen LogP contribution >= 0.6 is 0 Å². The minimum atomic E-state index is -1.34. The SMILES string of the molecule is Nc1nc(N)c(C(=O)CCc2ccc(C(=O)N[C@H](CCC(=O)O)C(=O)O)cc2)c(=O)[nH]1. The number of anilines is 2. The predicted molar refractivity (Wildman–Crippen MR) is 109 cm³/mol. The number of aromatic nitrogens is 2. The Balaban J connectivity index is 1.99. The van der Waals surface area contributed by atoms with Crippen LogP contribution in [0.1, 0.15) is 45.5 Å². The smallest absolute Gasteiger partial charge is 0.326 e. The summed E-state index contributed by atoms with van der Waals surface area (Å²) < 4.78 is 0. The first-order valence-electron chi connectivity index (χ1n) is 9.11. The summed E-state index contributed by atoms with van der Waals surface area (Å²) in [6.07, 6.45) is -0.443. The van der Waals surface area contributed by atoms with Gasteiger partial charge in [-0.05, 0) is 30.5 Å². The summed E-state index contributed by atoms with van der Waals surface area (Å²) in [6, 6.07) is 4.69. The molecule has 1 heterocycles. The molecule has 2 rings (SSSR count). The molecule has 0 unspecified atom stereocenters. The van der Waals surface area contributed by atoms with Gasteiger partial charge in [-0.15, -0.1) is 0 Å². The summed E-state index contributed by atoms with van der Waals surface area (Å²) >= 11 is 0. The Morgan fingerprint density at radius 2 is 1.71 bits per heavy atom. The number of rotatable bonds is 10. The van der Waals surface area contributed by atoms with Gasteiger partial charge in [0.15, 0.2) is 5.78 Å². The molecule has 1 atom stereocenters. The van der Waals surface area contributed by atoms with Gasteiger partial charge in [0.1, 0.15) is 17.4 Å². The molecule has 2 aromatic rings. The molecular formula is C19H21N5O7. The number of aromatic amines is 1. The molecule has 0 saturated carbocycles. The second-order valence-corrected chi connectivity index (χ2v) is 6.63. The maximum absolute atomic E-state index is 12.3. The first-order valence-corrected chi connectivity index (χ1v) is 9.11. The average molecular weight is 431 g/mol. The Labute approximate surface area is 175 Å². The van der Waals surface area contributed by atoms with Crippen molar-refractivity contribution in [3.8, 4) is 0 Å². The number of amides is 1. The fourth-order valence-electron chi connectivity index (χ4n) is 2.75. The number of nitrogens with zero attached hydrogens (tertiary/aromatic N) is 1. The Hall–Kier alpha value is -4.22. The van der Waals surface area contributed by atoms with Crippen molar-refractivity contribution >= 4 is 35.4 Å². The van der Waals surface area contributed by atoms with Crippen molar-refractivity contribution in [2.45, 2.75) is 31.7 Å². The lowest BCUT2D eigenvalue weighted by molar-refractivity contribution is -0.140. The number of Topliss-reactive ketones (excluding diaryl/α,β-unsaturated/α-hetero) is 1. The molecule has 12 nitrogen and oxygen atoms in total. The third kappa shape index (κ3) is 6.39. The van der Waals surface area contributed by atoms with Crippen LogP contribution in [0, 0.1) is 0 Å². The largest absolute Gasteiger partial charge is 0.481 e. The van der Waals surface area contributed by atoms with Crippen molar-refractivity contribution in [2.75, 3.05) is 11.5 Å². The average Bonchev–Trinajstić information content (AvgIpc) is 2.68. The second kappa shape index (κ2) is 10.0. The van der Waals surface area contributed by atoms with Crippen LogP contribution in [0.3, 0.4) is 0 Å². The minimum absolute atomic E-state index is 0.0410. The zero-order chi connectivity index (χ0) is 23.1. The molecule has 0 spiro atoms. The Morgan fingerprint density at radius 1 is 1.06 bits per heavy atom. The van der Waals surface area contributed by atoms with Crippen molar-refractivity contribution in [3.63, 3.8) is 0 Å². The second-order valence-electron chi connectivity index (χ2n) is 6.63. The number of carbonyl (C=O) groups is 4. The molecule has 31 heavy (non-hydrogen) atoms. The van der Waals surface area contributed by atoms with Crippen LogP contribution in [0.4, 0.5) is 11.8 Å². The Kier molecular flexibility index (Phi) is 7.44. The fourth-order valence-corrected chi connectivity index (χ4v) is 2.75. The number of nitrogen functional groups attached to an aromatic ring is 2. The number of hydrogen-bond acceptors (Lipinski definition) is 8. The highest BCUT2D eigenvalue weighted by atomic mass is 16.4. The fraction of sp³-hybridized carbons (Fsp3) is 0.263. The summed E-state index contributed by atoms with van der Waals surface area (Å²) in [6.45, 7) is 0. The lowest BCUT2D eigenvalue weighted by atomic mass is 10.0. The van der Waals surface area contributed by atoms with Crippen LogP contribution in [0.25, 0.3) is 0 Å². The van der Waals surface area contributed by atoms with Gasteiger partial charge < -0.3 is 27.0 Å². The van der Waals surface area contributed by atoms with Crippen molar-refractivity contribution in [2.24, 2.45) is 0 Å². The molecule has 0 bridgehead atoms. The standard InChI is InChI=1S/C19H21N5O7/c20-15-14(17(29)24-19(21)23-15)12(25)7-3-9-1-4-10(5-2-9)16(28)22-11(18(30)31)6-8-13(26)27/h1-2,4-5,11H,3,6-8H2,(H,22,28)(H,26,27)(H,30,31)(H5,20,21,23,24,29)/t11-/m1/s1. The molecule has 0 aliphatic heterocycles. The molecule has 8 N–H and O–H groups in total. The van der Waals surface area contributed by atoms with Gasteiger partial charge in [-0.2, -0.15) is 4.98 Å². The third-order valence-corrected chi connectivity index (χ3v) is 4.35. The third-order valence-electron chi connectivity index (χ3n) is 4.35. The molecule has 0 aliphatic carbocycles. The molecule has 1 aromatic heterocycles. The number of carbonyl (C=O) groups excluding carboxylic acids is 2. The minimum Gasteiger partial charge on any atom is -0.481 e. The number of nitrogens with one attached hydrogen (secondary N) is 2. The molecule has 164 valence electrons. The van der Waals surface area contributed by atoms with Crippen molar-refractivity contribution < 1.29 is 29.4 Å². The van der Waals surface area contributed by atoms with Gasteiger partial charge in [-0.25, -0.2) is 4.79 Å². The van der Waals surface area contributed by atoms with Crippen LogP contribution in [0.15, 0.2) is 29.1 Å². The van der Waals surface area contributed by atoms with Crippen LogP contribution in [-0.4, -0.2) is 49.9 Å². The first-order chi connectivity index (χ1) is 14.6. The summed E-state index contributed by atoms with van der Waals surface area (Å²) in [5.41, 5.74) is 10.8. The highest BCUT2D eigenvalue weighted by Crippen LogP contribution is 2.12. The van der Waals surface area contributed by atoms with E-state index < -0.39 is 41.7 Å². The normalized spacial score (nSPS) is 11.5. The van der Waals surface area contributed by atoms with E-state index in [0.717, 1.165) is 0 Å². The quantitative estimate of drug-likeness (QED) is 0.272. The lowest BCUT2D eigenvalue weighted by Gasteiger charge is -2.13. The maximum Gasteiger partial charge on any atom is 0.326 e. The van der Waals surface area contributed by atoms with Crippen molar-refractivity contribution in [3.05, 3.63) is 51.3 Å². The molecule has 0 saturated heterocycles. The van der Waals surface area contributed by atoms with E-state index in [4.69, 9.17) is 21.7 Å². The van der Waals surface area contributed by atoms with Crippen LogP contribution in [0.5, 0.6) is 0 Å². The van der Waals surface area contributed by atoms with Crippen LogP contribution in [0.2, 0.25) is 0 Å². The van der Waals surface area contributed by atoms with E-state index in [-0.39, 0.29) is 42.2 Å². The van der Waals surface area contributed by atoms with Crippen molar-refractivity contribution in [1.29, 1.82) is 0 Å². The van der Waals surface area contributed by atoms with Gasteiger partial charge in [-0.1, -0.05) is 12.1 Å². The zero-order valence-corrected chi connectivity index (χ0v) is 16.3. The summed E-state index contributed by atoms with van der Waals surface area (Å²) in [5, 5.41) is 20.0. The highest BCUT2D eigenvalue weighted by Gasteiger charge is 2.22. The molecular weight excluding hydrogens is 410 g/mol. The maximum atomic E-state index is 12.3. The Bertz CT molecular complexity index is 1060. The number of carboxylic acids is 2. The predicted octanol–water partition coefficient (Wildman–Crippen LogP) is -0.202. The summed E-state index contributed by atoms with van der Waals surface area (Å²) in [7, 11) is 0. The molecule has 1 aromatic carbocycles. The number of ketones is 1. The molecule has 1 amide bonds. The van der Waals surface area contributed by atoms with E-state index in [9.17, 15) is 24.0 Å². The van der Waals surface area contributed by atoms with Gasteiger partial charge in [-0.3, -0.25) is 24.2 Å². The number of H-pyrrole nitrogens is 1. The topological polar surface area (TPSA) is 219 Å². The van der Waals surface area contributed by atoms with Crippen LogP contribution in [-0.2, 0) is 16.0 Å². The van der Waals surface area contributed by atoms with Gasteiger partial charge >= 0.3 is 11.9 Å². The number of nitrogens with two attached hydrogens (primary N) is 2. The number of aliphatic carboxylic acids is 2. The lowest BCUT2D eigenvalue weighted by Crippen LogP contribution is -2.41. The van der Waals surface area contributed by atoms with Crippen molar-refractivity contribution in [1.82, 2.24) is 15.3 Å². The summed E-state index contributed by atoms with van der Waals surface area (Å²) in [5.74, 6) is -4.15. The first kappa shape index (κ1) is 23.1. The number of benzene rings is 1. The molecule has 0 aliphatic rings. The number of hydrogen-bond donors (Lipinski definition) is 6. The number of carboxylic acid groups (broad SMARTS) is 2. The number of aryl methyl sites for hydroxylation is 1. The zero-order valence-electron chi connectivity index (χ0n) is 16.3. The van der Waals surface area contributed by atoms with Gasteiger partial charge in [0, 0.05) is 18.4 Å². The van der Waals surface area contributed by atoms with Gasteiger partial charge in [0.25, 0.3) is 11.5 Å². The van der Waals surface area contributed by atoms with E-state index in [1.54, 1.807) is 12.1 Å². The molecule has 12 heteroatoms. The van der Waals surface area contributed by atoms with E-state index in [1.165, 1.54) is 12.1 Å². The monoisotopic (exact) mass is 431 g/mol. The van der Waals surface area contributed by atoms with Gasteiger partial charge in [0.2, 0.25) is 5.95 Å². The molecule has 0 fully saturated rings. The van der Waals surface area contributed by atoms with E-state index >= 15 is 0 Å². The summed E-state index contributed by atoms with van der Waals surface area (Å²) in [4.78, 5) is 64.0. The van der Waals surface area contributed by atoms with Crippen LogP contribution < -0.4 is 22.3 Å². The van der Waals surface area contributed by atoms with E-state index in [1.807, 2.05) is 0 Å².